The Morgan fingerprint density at radius 2 is 2.55 bits per heavy atom. The molecular formula is C8H12O3. The van der Waals surface area contributed by atoms with Crippen LogP contribution in [0.1, 0.15) is 19.3 Å². The molecule has 3 nitrogen and oxygen atoms in total. The third-order valence-corrected chi connectivity index (χ3v) is 1.77. The molecule has 2 atom stereocenters. The highest BCUT2D eigenvalue weighted by Gasteiger charge is 2.24. The quantitative estimate of drug-likeness (QED) is 0.471. The van der Waals surface area contributed by atoms with Crippen LogP contribution in [0.3, 0.4) is 0 Å². The number of cyclic esters (lactones) is 1. The second-order valence-electron chi connectivity index (χ2n) is 2.65. The number of rotatable bonds is 2. The van der Waals surface area contributed by atoms with Gasteiger partial charge >= 0.3 is 5.97 Å². The summed E-state index contributed by atoms with van der Waals surface area (Å²) >= 11 is 0. The van der Waals surface area contributed by atoms with E-state index in [9.17, 15) is 9.90 Å². The van der Waals surface area contributed by atoms with Crippen LogP contribution in [0.2, 0.25) is 0 Å². The first kappa shape index (κ1) is 8.27. The maximum absolute atomic E-state index is 10.7. The number of carbonyl (C=O) groups excluding carboxylic acids is 1. The lowest BCUT2D eigenvalue weighted by Crippen LogP contribution is -2.33. The molecule has 0 bridgehead atoms. The fourth-order valence-electron chi connectivity index (χ4n) is 1.13. The normalized spacial score (nSPS) is 27.4. The highest BCUT2D eigenvalue weighted by molar-refractivity contribution is 5.70. The van der Waals surface area contributed by atoms with Gasteiger partial charge in [-0.3, -0.25) is 4.79 Å². The Labute approximate surface area is 65.7 Å². The van der Waals surface area contributed by atoms with Gasteiger partial charge in [0.2, 0.25) is 0 Å². The molecule has 1 aliphatic rings. The molecule has 1 aliphatic heterocycles. The summed E-state index contributed by atoms with van der Waals surface area (Å²) in [6, 6.07) is 0. The molecule has 0 unspecified atom stereocenters. The van der Waals surface area contributed by atoms with E-state index in [-0.39, 0.29) is 12.1 Å². The predicted octanol–water partition coefficient (Wildman–Crippen LogP) is 0.629. The highest BCUT2D eigenvalue weighted by Crippen LogP contribution is 2.17. The average molecular weight is 156 g/mol. The van der Waals surface area contributed by atoms with E-state index in [4.69, 9.17) is 4.74 Å². The second kappa shape index (κ2) is 3.53. The third-order valence-electron chi connectivity index (χ3n) is 1.77. The predicted molar refractivity (Wildman–Crippen MR) is 39.9 cm³/mol. The van der Waals surface area contributed by atoms with Gasteiger partial charge in [0.05, 0.1) is 0 Å². The lowest BCUT2D eigenvalue weighted by molar-refractivity contribution is -0.158. The summed E-state index contributed by atoms with van der Waals surface area (Å²) in [6.07, 6.45) is 2.32. The largest absolute Gasteiger partial charge is 0.459 e. The van der Waals surface area contributed by atoms with E-state index in [0.29, 0.717) is 6.42 Å². The van der Waals surface area contributed by atoms with E-state index in [1.807, 2.05) is 0 Å². The molecule has 0 aromatic carbocycles. The van der Waals surface area contributed by atoms with E-state index in [1.165, 1.54) is 6.08 Å². The van der Waals surface area contributed by atoms with Crippen LogP contribution in [0.15, 0.2) is 12.7 Å². The Morgan fingerprint density at radius 3 is 3.09 bits per heavy atom. The van der Waals surface area contributed by atoms with Crippen molar-refractivity contribution >= 4 is 5.97 Å². The number of carbonyl (C=O) groups is 1. The molecule has 1 saturated heterocycles. The number of aliphatic hydroxyl groups is 1. The van der Waals surface area contributed by atoms with Crippen LogP contribution in [0.25, 0.3) is 0 Å². The first-order valence-electron chi connectivity index (χ1n) is 3.74. The van der Waals surface area contributed by atoms with Crippen LogP contribution in [0.4, 0.5) is 0 Å². The molecule has 0 saturated carbocycles. The molecule has 1 heterocycles. The van der Waals surface area contributed by atoms with Crippen LogP contribution in [-0.4, -0.2) is 23.3 Å². The first-order chi connectivity index (χ1) is 5.24. The van der Waals surface area contributed by atoms with Gasteiger partial charge in [-0.05, 0) is 12.8 Å². The third kappa shape index (κ3) is 2.05. The maximum Gasteiger partial charge on any atom is 0.306 e. The zero-order valence-corrected chi connectivity index (χ0v) is 6.32. The van der Waals surface area contributed by atoms with E-state index >= 15 is 0 Å². The minimum absolute atomic E-state index is 0.220. The van der Waals surface area contributed by atoms with Gasteiger partial charge < -0.3 is 9.84 Å². The van der Waals surface area contributed by atoms with Crippen LogP contribution in [-0.2, 0) is 9.53 Å². The van der Waals surface area contributed by atoms with E-state index in [1.54, 1.807) is 0 Å². The zero-order chi connectivity index (χ0) is 8.27. The summed E-state index contributed by atoms with van der Waals surface area (Å²) in [5.74, 6) is -0.220. The summed E-state index contributed by atoms with van der Waals surface area (Å²) in [5, 5.41) is 9.21. The van der Waals surface area contributed by atoms with E-state index in [0.717, 1.165) is 12.8 Å². The fraction of sp³-hybridized carbons (Fsp3) is 0.625. The number of hydrogen-bond acceptors (Lipinski definition) is 3. The summed E-state index contributed by atoms with van der Waals surface area (Å²) < 4.78 is 4.88. The summed E-state index contributed by atoms with van der Waals surface area (Å²) in [7, 11) is 0. The Kier molecular flexibility index (Phi) is 2.65. The van der Waals surface area contributed by atoms with Gasteiger partial charge in [-0.1, -0.05) is 6.08 Å². The van der Waals surface area contributed by atoms with Gasteiger partial charge in [0.15, 0.2) is 0 Å². The lowest BCUT2D eigenvalue weighted by atomic mass is 10.0. The smallest absolute Gasteiger partial charge is 0.306 e. The number of ether oxygens (including phenoxy) is 1. The molecule has 0 aliphatic carbocycles. The zero-order valence-electron chi connectivity index (χ0n) is 6.32. The van der Waals surface area contributed by atoms with Crippen LogP contribution < -0.4 is 0 Å². The molecular weight excluding hydrogens is 144 g/mol. The van der Waals surface area contributed by atoms with Crippen molar-refractivity contribution in [3.05, 3.63) is 12.7 Å². The Balaban J connectivity index is 2.45. The average Bonchev–Trinajstić information content (AvgIpc) is 2.03. The molecule has 1 fully saturated rings. The van der Waals surface area contributed by atoms with Gasteiger partial charge in [-0.2, -0.15) is 0 Å². The molecule has 0 spiro atoms. The number of hydrogen-bond donors (Lipinski definition) is 1. The molecule has 0 aromatic heterocycles. The van der Waals surface area contributed by atoms with Crippen LogP contribution in [0, 0.1) is 0 Å². The van der Waals surface area contributed by atoms with Crippen molar-refractivity contribution in [2.75, 3.05) is 0 Å². The van der Waals surface area contributed by atoms with Crippen LogP contribution in [0.5, 0.6) is 0 Å². The summed E-state index contributed by atoms with van der Waals surface area (Å²) in [6.45, 7) is 3.42. The van der Waals surface area contributed by atoms with Crippen molar-refractivity contribution in [3.63, 3.8) is 0 Å². The molecule has 1 rings (SSSR count). The topological polar surface area (TPSA) is 46.5 Å². The SMILES string of the molecule is C=C[C@@H](O)[C@@H]1CCCC(=O)O1. The molecule has 0 amide bonds. The standard InChI is InChI=1S/C8H12O3/c1-2-6(9)7-4-3-5-8(10)11-7/h2,6-7,9H,1,3-5H2/t6-,7+/m1/s1. The molecule has 3 heteroatoms. The Morgan fingerprint density at radius 1 is 1.82 bits per heavy atom. The van der Waals surface area contributed by atoms with Crippen molar-refractivity contribution < 1.29 is 14.6 Å². The minimum atomic E-state index is -0.709. The number of aliphatic hydroxyl groups excluding tert-OH is 1. The molecule has 11 heavy (non-hydrogen) atoms. The van der Waals surface area contributed by atoms with Gasteiger partial charge in [0.1, 0.15) is 12.2 Å². The van der Waals surface area contributed by atoms with E-state index in [2.05, 4.69) is 6.58 Å². The van der Waals surface area contributed by atoms with Crippen molar-refractivity contribution in [1.82, 2.24) is 0 Å². The first-order valence-corrected chi connectivity index (χ1v) is 3.74. The van der Waals surface area contributed by atoms with Crippen molar-refractivity contribution in [1.29, 1.82) is 0 Å². The van der Waals surface area contributed by atoms with Gasteiger partial charge in [-0.25, -0.2) is 0 Å². The van der Waals surface area contributed by atoms with Crippen molar-refractivity contribution in [2.45, 2.75) is 31.5 Å². The molecule has 0 radical (unpaired) electrons. The van der Waals surface area contributed by atoms with Crippen molar-refractivity contribution in [3.8, 4) is 0 Å². The molecule has 0 aromatic rings. The van der Waals surface area contributed by atoms with Crippen molar-refractivity contribution in [2.24, 2.45) is 0 Å². The molecule has 62 valence electrons. The summed E-state index contributed by atoms with van der Waals surface area (Å²) in [5.41, 5.74) is 0. The number of esters is 1. The van der Waals surface area contributed by atoms with Crippen LogP contribution >= 0.6 is 0 Å². The minimum Gasteiger partial charge on any atom is -0.459 e. The van der Waals surface area contributed by atoms with Gasteiger partial charge in [0, 0.05) is 6.42 Å². The second-order valence-corrected chi connectivity index (χ2v) is 2.65. The Bertz CT molecular complexity index is 165. The van der Waals surface area contributed by atoms with Gasteiger partial charge in [-0.15, -0.1) is 6.58 Å². The summed E-state index contributed by atoms with van der Waals surface area (Å²) in [4.78, 5) is 10.7. The monoisotopic (exact) mass is 156 g/mol. The van der Waals surface area contributed by atoms with Gasteiger partial charge in [0.25, 0.3) is 0 Å². The Hall–Kier alpha value is -0.830. The highest BCUT2D eigenvalue weighted by atomic mass is 16.6. The maximum atomic E-state index is 10.7. The molecule has 1 N–H and O–H groups in total. The van der Waals surface area contributed by atoms with E-state index < -0.39 is 6.10 Å². The fourth-order valence-corrected chi connectivity index (χ4v) is 1.13. The lowest BCUT2D eigenvalue weighted by Gasteiger charge is -2.24.